The van der Waals surface area contributed by atoms with E-state index in [0.717, 1.165) is 5.92 Å². The van der Waals surface area contributed by atoms with Crippen molar-refractivity contribution >= 4 is 12.4 Å². The molecule has 0 bridgehead atoms. The van der Waals surface area contributed by atoms with Crippen LogP contribution in [0.4, 0.5) is 0 Å². The first-order chi connectivity index (χ1) is 9.36. The molecule has 1 fully saturated rings. The molecule has 1 N–H and O–H groups in total. The first-order valence-corrected chi connectivity index (χ1v) is 8.06. The number of rotatable bonds is 1. The summed E-state index contributed by atoms with van der Waals surface area (Å²) in [5, 5.41) is 2.75. The molecule has 0 heterocycles. The number of halogens is 1. The predicted molar refractivity (Wildman–Crippen MR) is 91.1 cm³/mol. The van der Waals surface area contributed by atoms with Gasteiger partial charge in [-0.15, -0.1) is 12.4 Å². The molecular weight excluding hydrogens is 266 g/mol. The molecule has 0 amide bonds. The van der Waals surface area contributed by atoms with Gasteiger partial charge in [-0.2, -0.15) is 0 Å². The van der Waals surface area contributed by atoms with Crippen molar-refractivity contribution < 1.29 is 0 Å². The maximum atomic E-state index is 2.75. The summed E-state index contributed by atoms with van der Waals surface area (Å²) < 4.78 is 0. The van der Waals surface area contributed by atoms with Crippen LogP contribution < -0.4 is 5.32 Å². The van der Waals surface area contributed by atoms with Crippen molar-refractivity contribution in [2.45, 2.75) is 63.7 Å². The van der Waals surface area contributed by atoms with E-state index in [1.807, 2.05) is 14.1 Å². The zero-order valence-corrected chi connectivity index (χ0v) is 13.9. The van der Waals surface area contributed by atoms with Crippen molar-refractivity contribution in [3.8, 4) is 0 Å². The van der Waals surface area contributed by atoms with Crippen LogP contribution in [0.3, 0.4) is 0 Å². The summed E-state index contributed by atoms with van der Waals surface area (Å²) in [5.41, 5.74) is 5.12. The molecule has 0 atom stereocenters. The fraction of sp³-hybridized carbons (Fsp3) is 0.667. The second-order valence-corrected chi connectivity index (χ2v) is 6.03. The zero-order chi connectivity index (χ0) is 13.5. The highest BCUT2D eigenvalue weighted by atomic mass is 35.5. The van der Waals surface area contributed by atoms with Crippen LogP contribution in [0, 0.1) is 0 Å². The average Bonchev–Trinajstić information content (AvgIpc) is 2.48. The van der Waals surface area contributed by atoms with Gasteiger partial charge in [-0.05, 0) is 75.2 Å². The quantitative estimate of drug-likeness (QED) is 0.779. The Labute approximate surface area is 131 Å². The number of benzene rings is 1. The van der Waals surface area contributed by atoms with Crippen molar-refractivity contribution in [1.82, 2.24) is 5.32 Å². The zero-order valence-electron chi connectivity index (χ0n) is 13.1. The molecule has 2 aliphatic rings. The van der Waals surface area contributed by atoms with Crippen molar-refractivity contribution in [3.05, 3.63) is 34.9 Å². The van der Waals surface area contributed by atoms with Gasteiger partial charge in [-0.25, -0.2) is 0 Å². The fourth-order valence-corrected chi connectivity index (χ4v) is 3.61. The van der Waals surface area contributed by atoms with Gasteiger partial charge in [0.05, 0.1) is 0 Å². The maximum absolute atomic E-state index is 2.75. The molecule has 0 radical (unpaired) electrons. The van der Waals surface area contributed by atoms with Gasteiger partial charge in [-0.1, -0.05) is 37.5 Å². The Bertz CT molecular complexity index is 383. The summed E-state index contributed by atoms with van der Waals surface area (Å²) in [6, 6.07) is 7.08. The van der Waals surface area contributed by atoms with Gasteiger partial charge in [0.2, 0.25) is 0 Å². The number of nitrogens with one attached hydrogen (secondary N) is 1. The highest BCUT2D eigenvalue weighted by Crippen LogP contribution is 2.37. The van der Waals surface area contributed by atoms with Gasteiger partial charge >= 0.3 is 0 Å². The van der Waals surface area contributed by atoms with E-state index >= 15 is 0 Å². The molecule has 20 heavy (non-hydrogen) atoms. The van der Waals surface area contributed by atoms with Gasteiger partial charge in [-0.3, -0.25) is 0 Å². The molecule has 0 aliphatic heterocycles. The summed E-state index contributed by atoms with van der Waals surface area (Å²) in [6.45, 7) is 0. The first-order valence-electron chi connectivity index (χ1n) is 8.06. The van der Waals surface area contributed by atoms with Crippen LogP contribution in [0.1, 0.15) is 67.6 Å². The van der Waals surface area contributed by atoms with Gasteiger partial charge in [0.25, 0.3) is 0 Å². The molecule has 0 saturated heterocycles. The lowest BCUT2D eigenvalue weighted by Gasteiger charge is -2.27. The minimum atomic E-state index is 0. The van der Waals surface area contributed by atoms with Crippen LogP contribution in [0.5, 0.6) is 0 Å². The van der Waals surface area contributed by atoms with Crippen LogP contribution >= 0.6 is 12.4 Å². The summed E-state index contributed by atoms with van der Waals surface area (Å²) >= 11 is 0. The molecule has 0 spiro atoms. The van der Waals surface area contributed by atoms with E-state index in [-0.39, 0.29) is 12.4 Å². The highest BCUT2D eigenvalue weighted by Gasteiger charge is 2.20. The van der Waals surface area contributed by atoms with Crippen molar-refractivity contribution in [1.29, 1.82) is 0 Å². The van der Waals surface area contributed by atoms with E-state index in [1.54, 1.807) is 16.7 Å². The van der Waals surface area contributed by atoms with E-state index in [0.29, 0.717) is 0 Å². The molecule has 1 saturated carbocycles. The summed E-state index contributed by atoms with van der Waals surface area (Å²) in [5.74, 6) is 0.891. The Hall–Kier alpha value is -0.530. The van der Waals surface area contributed by atoms with Crippen LogP contribution in [-0.4, -0.2) is 14.1 Å². The van der Waals surface area contributed by atoms with Crippen molar-refractivity contribution in [2.24, 2.45) is 0 Å². The lowest BCUT2D eigenvalue weighted by molar-refractivity contribution is 0.440. The van der Waals surface area contributed by atoms with Crippen LogP contribution in [0.25, 0.3) is 0 Å². The number of hydrogen-bond acceptors (Lipinski definition) is 1. The molecular formula is C18H30ClN. The monoisotopic (exact) mass is 295 g/mol. The molecule has 2 heteroatoms. The Morgan fingerprint density at radius 1 is 0.900 bits per heavy atom. The third kappa shape index (κ3) is 4.49. The van der Waals surface area contributed by atoms with Gasteiger partial charge in [0, 0.05) is 0 Å². The van der Waals surface area contributed by atoms with Crippen LogP contribution in [0.15, 0.2) is 18.2 Å². The van der Waals surface area contributed by atoms with Gasteiger partial charge < -0.3 is 5.32 Å². The van der Waals surface area contributed by atoms with Gasteiger partial charge in [0.15, 0.2) is 0 Å². The van der Waals surface area contributed by atoms with Gasteiger partial charge in [0.1, 0.15) is 0 Å². The minimum Gasteiger partial charge on any atom is -0.323 e. The summed E-state index contributed by atoms with van der Waals surface area (Å²) in [6.07, 6.45) is 12.7. The second kappa shape index (κ2) is 9.41. The molecule has 2 aliphatic carbocycles. The Kier molecular flexibility index (Phi) is 8.25. The highest BCUT2D eigenvalue weighted by molar-refractivity contribution is 5.85. The third-order valence-corrected chi connectivity index (χ3v) is 4.48. The van der Waals surface area contributed by atoms with Crippen LogP contribution in [0.2, 0.25) is 0 Å². The smallest absolute Gasteiger partial charge is 0.0159 e. The number of fused-ring (bicyclic) bond motifs is 1. The Balaban J connectivity index is 0.000000462. The van der Waals surface area contributed by atoms with E-state index < -0.39 is 0 Å². The number of aryl methyl sites for hydroxylation is 1. The molecule has 114 valence electrons. The Morgan fingerprint density at radius 2 is 1.55 bits per heavy atom. The molecule has 0 unspecified atom stereocenters. The van der Waals surface area contributed by atoms with Crippen molar-refractivity contribution in [2.75, 3.05) is 14.1 Å². The first kappa shape index (κ1) is 17.5. The predicted octanol–water partition coefficient (Wildman–Crippen LogP) is 4.87. The summed E-state index contributed by atoms with van der Waals surface area (Å²) in [7, 11) is 3.75. The third-order valence-electron chi connectivity index (χ3n) is 4.48. The maximum Gasteiger partial charge on any atom is -0.0159 e. The summed E-state index contributed by atoms with van der Waals surface area (Å²) in [4.78, 5) is 0. The van der Waals surface area contributed by atoms with E-state index in [1.165, 1.54) is 57.8 Å². The molecule has 1 nitrogen and oxygen atoms in total. The van der Waals surface area contributed by atoms with Crippen LogP contribution in [-0.2, 0) is 12.8 Å². The van der Waals surface area contributed by atoms with Crippen molar-refractivity contribution in [3.63, 3.8) is 0 Å². The Morgan fingerprint density at radius 3 is 2.25 bits per heavy atom. The van der Waals surface area contributed by atoms with E-state index in [9.17, 15) is 0 Å². The topological polar surface area (TPSA) is 12.0 Å². The SMILES string of the molecule is CNC.Cl.c1cc2c(c(C3CCCCC3)c1)CCCC2. The number of hydrogen-bond donors (Lipinski definition) is 1. The standard InChI is InChI=1S/C16H22.C2H7N.ClH/c1-2-7-13(8-3-1)16-12-6-10-14-9-4-5-11-15(14)16;1-3-2;/h6,10,12-13H,1-5,7-9,11H2;3H,1-2H3;1H. The average molecular weight is 296 g/mol. The molecule has 3 rings (SSSR count). The minimum absolute atomic E-state index is 0. The lowest BCUT2D eigenvalue weighted by Crippen LogP contribution is -2.11. The second-order valence-electron chi connectivity index (χ2n) is 6.03. The van der Waals surface area contributed by atoms with E-state index in [2.05, 4.69) is 23.5 Å². The largest absolute Gasteiger partial charge is 0.323 e. The van der Waals surface area contributed by atoms with E-state index in [4.69, 9.17) is 0 Å². The normalized spacial score (nSPS) is 18.3. The fourth-order valence-electron chi connectivity index (χ4n) is 3.61. The molecule has 0 aromatic heterocycles. The lowest BCUT2D eigenvalue weighted by atomic mass is 9.78. The molecule has 1 aromatic carbocycles. The molecule has 1 aromatic rings.